The van der Waals surface area contributed by atoms with Gasteiger partial charge in [-0.15, -0.1) is 0 Å². The van der Waals surface area contributed by atoms with E-state index < -0.39 is 6.09 Å². The fraction of sp³-hybridized carbons (Fsp3) is 0.533. The topological polar surface area (TPSA) is 50.4 Å². The summed E-state index contributed by atoms with van der Waals surface area (Å²) in [4.78, 5) is 11.5. The molecule has 1 aromatic rings. The number of carbonyl (C=O) groups is 1. The van der Waals surface area contributed by atoms with Crippen LogP contribution in [0.2, 0.25) is 0 Å². The standard InChI is InChI=1S/C15H22N2O2/c18-15(19-12-13-8-4-3-5-9-13)17-16-14-10-6-1-2-7-11-14/h3-5,8-9,14,16H,1-2,6-7,10-12H2,(H,17,18). The Morgan fingerprint density at radius 3 is 2.47 bits per heavy atom. The first-order chi connectivity index (χ1) is 9.34. The summed E-state index contributed by atoms with van der Waals surface area (Å²) in [7, 11) is 0. The highest BCUT2D eigenvalue weighted by Gasteiger charge is 2.12. The van der Waals surface area contributed by atoms with Crippen molar-refractivity contribution in [1.82, 2.24) is 10.9 Å². The third-order valence-electron chi connectivity index (χ3n) is 3.45. The zero-order valence-corrected chi connectivity index (χ0v) is 11.2. The molecule has 0 spiro atoms. The fourth-order valence-electron chi connectivity index (χ4n) is 2.34. The summed E-state index contributed by atoms with van der Waals surface area (Å²) in [6, 6.07) is 10.1. The van der Waals surface area contributed by atoms with Gasteiger partial charge in [-0.25, -0.2) is 10.2 Å². The summed E-state index contributed by atoms with van der Waals surface area (Å²) in [6.45, 7) is 0.305. The van der Waals surface area contributed by atoms with Gasteiger partial charge in [-0.1, -0.05) is 56.0 Å². The van der Waals surface area contributed by atoms with Crippen molar-refractivity contribution in [3.05, 3.63) is 35.9 Å². The predicted octanol–water partition coefficient (Wildman–Crippen LogP) is 3.14. The summed E-state index contributed by atoms with van der Waals surface area (Å²) in [5.74, 6) is 0. The normalized spacial score (nSPS) is 16.6. The van der Waals surface area contributed by atoms with Gasteiger partial charge in [-0.2, -0.15) is 0 Å². The average molecular weight is 262 g/mol. The van der Waals surface area contributed by atoms with Crippen molar-refractivity contribution < 1.29 is 9.53 Å². The molecular weight excluding hydrogens is 240 g/mol. The lowest BCUT2D eigenvalue weighted by Crippen LogP contribution is -2.44. The molecule has 1 aromatic carbocycles. The predicted molar refractivity (Wildman–Crippen MR) is 74.4 cm³/mol. The highest BCUT2D eigenvalue weighted by atomic mass is 16.6. The van der Waals surface area contributed by atoms with E-state index in [9.17, 15) is 4.79 Å². The van der Waals surface area contributed by atoms with Gasteiger partial charge in [0, 0.05) is 6.04 Å². The van der Waals surface area contributed by atoms with Gasteiger partial charge in [0.2, 0.25) is 0 Å². The zero-order chi connectivity index (χ0) is 13.3. The molecule has 2 N–H and O–H groups in total. The summed E-state index contributed by atoms with van der Waals surface area (Å²) in [5, 5.41) is 0. The Hall–Kier alpha value is -1.55. The number of nitrogens with one attached hydrogen (secondary N) is 2. The third kappa shape index (κ3) is 5.30. The van der Waals surface area contributed by atoms with E-state index in [-0.39, 0.29) is 0 Å². The maximum atomic E-state index is 11.5. The number of carbonyl (C=O) groups excluding carboxylic acids is 1. The molecule has 1 saturated carbocycles. The molecule has 0 unspecified atom stereocenters. The molecule has 0 saturated heterocycles. The minimum atomic E-state index is -0.409. The Balaban J connectivity index is 1.64. The number of benzene rings is 1. The van der Waals surface area contributed by atoms with Crippen LogP contribution in [0.3, 0.4) is 0 Å². The van der Waals surface area contributed by atoms with Gasteiger partial charge >= 0.3 is 6.09 Å². The fourth-order valence-corrected chi connectivity index (χ4v) is 2.34. The Labute approximate surface area is 114 Å². The van der Waals surface area contributed by atoms with Crippen LogP contribution >= 0.6 is 0 Å². The van der Waals surface area contributed by atoms with Crippen molar-refractivity contribution in [3.63, 3.8) is 0 Å². The lowest BCUT2D eigenvalue weighted by molar-refractivity contribution is 0.132. The van der Waals surface area contributed by atoms with Crippen LogP contribution in [-0.2, 0) is 11.3 Å². The maximum absolute atomic E-state index is 11.5. The van der Waals surface area contributed by atoms with Gasteiger partial charge in [0.05, 0.1) is 0 Å². The molecule has 1 aliphatic carbocycles. The molecule has 0 aromatic heterocycles. The van der Waals surface area contributed by atoms with Crippen LogP contribution in [0.4, 0.5) is 4.79 Å². The van der Waals surface area contributed by atoms with E-state index in [4.69, 9.17) is 4.74 Å². The maximum Gasteiger partial charge on any atom is 0.421 e. The molecule has 1 aliphatic rings. The number of amides is 1. The number of ether oxygens (including phenoxy) is 1. The monoisotopic (exact) mass is 262 g/mol. The average Bonchev–Trinajstić information content (AvgIpc) is 2.73. The first-order valence-corrected chi connectivity index (χ1v) is 7.07. The highest BCUT2D eigenvalue weighted by Crippen LogP contribution is 2.16. The molecule has 104 valence electrons. The highest BCUT2D eigenvalue weighted by molar-refractivity contribution is 5.66. The minimum Gasteiger partial charge on any atom is -0.444 e. The van der Waals surface area contributed by atoms with E-state index >= 15 is 0 Å². The molecule has 0 bridgehead atoms. The van der Waals surface area contributed by atoms with Gasteiger partial charge in [-0.05, 0) is 18.4 Å². The second-order valence-corrected chi connectivity index (χ2v) is 5.02. The van der Waals surface area contributed by atoms with E-state index in [1.54, 1.807) is 0 Å². The second-order valence-electron chi connectivity index (χ2n) is 5.02. The summed E-state index contributed by atoms with van der Waals surface area (Å²) >= 11 is 0. The lowest BCUT2D eigenvalue weighted by atomic mass is 10.1. The molecule has 0 radical (unpaired) electrons. The van der Waals surface area contributed by atoms with E-state index in [0.29, 0.717) is 12.6 Å². The number of hydrogen-bond acceptors (Lipinski definition) is 3. The minimum absolute atomic E-state index is 0.305. The van der Waals surface area contributed by atoms with E-state index in [1.165, 1.54) is 25.7 Å². The van der Waals surface area contributed by atoms with Gasteiger partial charge in [0.1, 0.15) is 6.61 Å². The van der Waals surface area contributed by atoms with Crippen molar-refractivity contribution in [2.75, 3.05) is 0 Å². The van der Waals surface area contributed by atoms with E-state index in [0.717, 1.165) is 18.4 Å². The molecule has 2 rings (SSSR count). The molecule has 4 nitrogen and oxygen atoms in total. The first kappa shape index (κ1) is 13.9. The quantitative estimate of drug-likeness (QED) is 0.647. The molecule has 4 heteroatoms. The van der Waals surface area contributed by atoms with Gasteiger partial charge in [0.25, 0.3) is 0 Å². The number of hydrazine groups is 1. The van der Waals surface area contributed by atoms with E-state index in [1.807, 2.05) is 30.3 Å². The van der Waals surface area contributed by atoms with Crippen LogP contribution in [0.1, 0.15) is 44.1 Å². The number of hydrogen-bond donors (Lipinski definition) is 2. The lowest BCUT2D eigenvalue weighted by Gasteiger charge is -2.16. The zero-order valence-electron chi connectivity index (χ0n) is 11.2. The van der Waals surface area contributed by atoms with Crippen molar-refractivity contribution in [3.8, 4) is 0 Å². The first-order valence-electron chi connectivity index (χ1n) is 7.07. The molecule has 19 heavy (non-hydrogen) atoms. The van der Waals surface area contributed by atoms with Crippen LogP contribution in [0.15, 0.2) is 30.3 Å². The van der Waals surface area contributed by atoms with Gasteiger partial charge in [-0.3, -0.25) is 5.43 Å². The SMILES string of the molecule is O=C(NNC1CCCCCC1)OCc1ccccc1. The summed E-state index contributed by atoms with van der Waals surface area (Å²) < 4.78 is 5.14. The smallest absolute Gasteiger partial charge is 0.421 e. The van der Waals surface area contributed by atoms with Gasteiger partial charge in [0.15, 0.2) is 0 Å². The molecule has 0 aliphatic heterocycles. The van der Waals surface area contributed by atoms with Crippen LogP contribution < -0.4 is 10.9 Å². The molecule has 1 amide bonds. The van der Waals surface area contributed by atoms with Gasteiger partial charge < -0.3 is 4.74 Å². The molecule has 0 atom stereocenters. The summed E-state index contributed by atoms with van der Waals surface area (Å²) in [5.41, 5.74) is 6.71. The Kier molecular flexibility index (Phi) is 5.69. The summed E-state index contributed by atoms with van der Waals surface area (Å²) in [6.07, 6.45) is 6.91. The largest absolute Gasteiger partial charge is 0.444 e. The van der Waals surface area contributed by atoms with Crippen LogP contribution in [0, 0.1) is 0 Å². The third-order valence-corrected chi connectivity index (χ3v) is 3.45. The van der Waals surface area contributed by atoms with Crippen LogP contribution in [-0.4, -0.2) is 12.1 Å². The molecule has 0 heterocycles. The molecule has 1 fully saturated rings. The van der Waals surface area contributed by atoms with Crippen molar-refractivity contribution in [2.24, 2.45) is 0 Å². The van der Waals surface area contributed by atoms with Crippen molar-refractivity contribution in [2.45, 2.75) is 51.2 Å². The number of rotatable bonds is 4. The van der Waals surface area contributed by atoms with Crippen molar-refractivity contribution >= 4 is 6.09 Å². The second kappa shape index (κ2) is 7.79. The van der Waals surface area contributed by atoms with Crippen LogP contribution in [0.25, 0.3) is 0 Å². The Bertz CT molecular complexity index is 373. The van der Waals surface area contributed by atoms with Crippen LogP contribution in [0.5, 0.6) is 0 Å². The van der Waals surface area contributed by atoms with Crippen molar-refractivity contribution in [1.29, 1.82) is 0 Å². The Morgan fingerprint density at radius 2 is 1.79 bits per heavy atom. The van der Waals surface area contributed by atoms with E-state index in [2.05, 4.69) is 10.9 Å². The Morgan fingerprint density at radius 1 is 1.11 bits per heavy atom. The molecular formula is C15H22N2O2.